The molecule has 0 heterocycles. The highest BCUT2D eigenvalue weighted by atomic mass is 16.6. The van der Waals surface area contributed by atoms with E-state index in [1.807, 2.05) is 0 Å². The van der Waals surface area contributed by atoms with Gasteiger partial charge in [0.2, 0.25) is 0 Å². The predicted octanol–water partition coefficient (Wildman–Crippen LogP) is 2.94. The first-order chi connectivity index (χ1) is 20.1. The second-order valence-electron chi connectivity index (χ2n) is 14.6. The van der Waals surface area contributed by atoms with Crippen molar-refractivity contribution in [3.8, 4) is 0 Å². The van der Waals surface area contributed by atoms with Gasteiger partial charge in [0.05, 0.1) is 12.2 Å². The Labute approximate surface area is 255 Å². The summed E-state index contributed by atoms with van der Waals surface area (Å²) in [6, 6.07) is 0. The van der Waals surface area contributed by atoms with Crippen molar-refractivity contribution in [1.29, 1.82) is 0 Å². The van der Waals surface area contributed by atoms with Gasteiger partial charge in [0.15, 0.2) is 0 Å². The van der Waals surface area contributed by atoms with Crippen molar-refractivity contribution in [2.45, 2.75) is 136 Å². The summed E-state index contributed by atoms with van der Waals surface area (Å²) >= 11 is 0. The highest BCUT2D eigenvalue weighted by molar-refractivity contribution is 5.67. The molecule has 10 nitrogen and oxygen atoms in total. The number of fused-ring (bicyclic) bond motifs is 5. The number of rotatable bonds is 10. The number of aliphatic hydroxyl groups excluding tert-OH is 2. The van der Waals surface area contributed by atoms with Gasteiger partial charge in [-0.2, -0.15) is 0 Å². The van der Waals surface area contributed by atoms with E-state index in [0.29, 0.717) is 19.3 Å². The number of carbonyl (C=O) groups is 4. The molecule has 0 aromatic rings. The van der Waals surface area contributed by atoms with Crippen LogP contribution in [0.3, 0.4) is 0 Å². The summed E-state index contributed by atoms with van der Waals surface area (Å²) in [6.45, 7) is 10.9. The molecular weight excluding hydrogens is 556 g/mol. The van der Waals surface area contributed by atoms with Gasteiger partial charge in [-0.15, -0.1) is 0 Å². The lowest BCUT2D eigenvalue weighted by molar-refractivity contribution is -0.307. The molecule has 0 aliphatic heterocycles. The molecule has 4 aliphatic carbocycles. The average molecular weight is 608 g/mol. The number of esters is 3. The molecule has 0 bridgehead atoms. The van der Waals surface area contributed by atoms with E-state index < -0.39 is 30.0 Å². The molecule has 2 unspecified atom stereocenters. The number of ether oxygens (including phenoxy) is 3. The van der Waals surface area contributed by atoms with E-state index in [-0.39, 0.29) is 83.6 Å². The maximum absolute atomic E-state index is 12.5. The lowest BCUT2D eigenvalue weighted by Gasteiger charge is -2.64. The summed E-state index contributed by atoms with van der Waals surface area (Å²) in [5.74, 6) is -1.64. The van der Waals surface area contributed by atoms with Crippen LogP contribution in [0.4, 0.5) is 0 Å². The fourth-order valence-electron chi connectivity index (χ4n) is 10.4. The summed E-state index contributed by atoms with van der Waals surface area (Å²) < 4.78 is 17.9. The summed E-state index contributed by atoms with van der Waals surface area (Å²) in [7, 11) is 0. The van der Waals surface area contributed by atoms with Crippen LogP contribution in [0.25, 0.3) is 0 Å². The first-order valence-corrected chi connectivity index (χ1v) is 16.1. The minimum absolute atomic E-state index is 0.00744. The van der Waals surface area contributed by atoms with Crippen LogP contribution in [0.5, 0.6) is 0 Å². The predicted molar refractivity (Wildman–Crippen MR) is 153 cm³/mol. The van der Waals surface area contributed by atoms with Gasteiger partial charge < -0.3 is 34.3 Å². The fraction of sp³-hybridized carbons (Fsp3) is 0.879. The van der Waals surface area contributed by atoms with E-state index in [1.54, 1.807) is 0 Å². The van der Waals surface area contributed by atoms with Crippen molar-refractivity contribution in [3.05, 3.63) is 0 Å². The smallest absolute Gasteiger partial charge is 0.302 e. The number of aliphatic carboxylic acids is 1. The van der Waals surface area contributed by atoms with Crippen LogP contribution < -0.4 is 5.11 Å². The SMILES string of the molecule is CC(=O)O[C@@H]1CC[C@@]2(C)[C@@H](C1)C[C@@H](OC(C)=O)[C@@H]1[C@@H]2C[C@H](OC(C)=O)[C@]2(C)[C@@H]([C@H](C)CC(O)CC(O)CC(=O)[O-])CC[C@@H]12. The second-order valence-corrected chi connectivity index (χ2v) is 14.6. The van der Waals surface area contributed by atoms with Gasteiger partial charge in [0, 0.05) is 44.5 Å². The number of carboxylic acids is 1. The zero-order chi connectivity index (χ0) is 31.9. The Bertz CT molecular complexity index is 1060. The van der Waals surface area contributed by atoms with Crippen LogP contribution in [-0.4, -0.2) is 64.6 Å². The van der Waals surface area contributed by atoms with Crippen LogP contribution in [0.2, 0.25) is 0 Å². The van der Waals surface area contributed by atoms with E-state index in [4.69, 9.17) is 14.2 Å². The summed E-state index contributed by atoms with van der Waals surface area (Å²) in [6.07, 6.45) is 2.40. The third-order valence-electron chi connectivity index (χ3n) is 12.0. The highest BCUT2D eigenvalue weighted by Crippen LogP contribution is 2.69. The first-order valence-electron chi connectivity index (χ1n) is 16.1. The van der Waals surface area contributed by atoms with Crippen LogP contribution in [0.15, 0.2) is 0 Å². The van der Waals surface area contributed by atoms with Gasteiger partial charge >= 0.3 is 17.9 Å². The Kier molecular flexibility index (Phi) is 10.2. The van der Waals surface area contributed by atoms with Gasteiger partial charge in [-0.1, -0.05) is 20.8 Å². The molecule has 10 heteroatoms. The average Bonchev–Trinajstić information content (AvgIpc) is 3.22. The van der Waals surface area contributed by atoms with Gasteiger partial charge in [-0.3, -0.25) is 14.4 Å². The number of aliphatic hydroxyl groups is 2. The quantitative estimate of drug-likeness (QED) is 0.279. The maximum Gasteiger partial charge on any atom is 0.302 e. The molecule has 0 saturated heterocycles. The molecule has 13 atom stereocenters. The van der Waals surface area contributed by atoms with Crippen molar-refractivity contribution in [2.24, 2.45) is 46.3 Å². The molecule has 0 spiro atoms. The molecule has 0 aromatic heterocycles. The Morgan fingerprint density at radius 2 is 1.49 bits per heavy atom. The van der Waals surface area contributed by atoms with Gasteiger partial charge in [-0.05, 0) is 92.8 Å². The van der Waals surface area contributed by atoms with Gasteiger partial charge in [-0.25, -0.2) is 0 Å². The molecule has 244 valence electrons. The van der Waals surface area contributed by atoms with Crippen LogP contribution in [-0.2, 0) is 33.4 Å². The third-order valence-corrected chi connectivity index (χ3v) is 12.0. The monoisotopic (exact) mass is 607 g/mol. The summed E-state index contributed by atoms with van der Waals surface area (Å²) in [5.41, 5.74) is -0.515. The molecule has 43 heavy (non-hydrogen) atoms. The Hall–Kier alpha value is -2.20. The minimum atomic E-state index is -1.36. The molecule has 0 amide bonds. The number of carboxylic acid groups (broad SMARTS) is 1. The zero-order valence-corrected chi connectivity index (χ0v) is 26.6. The van der Waals surface area contributed by atoms with Gasteiger partial charge in [0.25, 0.3) is 0 Å². The summed E-state index contributed by atoms with van der Waals surface area (Å²) in [5, 5.41) is 31.7. The van der Waals surface area contributed by atoms with Crippen molar-refractivity contribution < 1.29 is 48.7 Å². The van der Waals surface area contributed by atoms with Crippen molar-refractivity contribution >= 4 is 23.9 Å². The fourth-order valence-corrected chi connectivity index (χ4v) is 10.4. The normalized spacial score (nSPS) is 40.6. The Morgan fingerprint density at radius 1 is 0.837 bits per heavy atom. The van der Waals surface area contributed by atoms with Crippen molar-refractivity contribution in [3.63, 3.8) is 0 Å². The molecule has 4 aliphatic rings. The lowest BCUT2D eigenvalue weighted by Crippen LogP contribution is -2.63. The van der Waals surface area contributed by atoms with E-state index in [1.165, 1.54) is 20.8 Å². The second kappa shape index (κ2) is 13.0. The Balaban J connectivity index is 1.64. The number of carbonyl (C=O) groups excluding carboxylic acids is 4. The molecule has 0 aromatic carbocycles. The van der Waals surface area contributed by atoms with Crippen molar-refractivity contribution in [2.75, 3.05) is 0 Å². The third kappa shape index (κ3) is 6.90. The molecule has 0 radical (unpaired) electrons. The molecule has 4 saturated carbocycles. The van der Waals surface area contributed by atoms with Crippen LogP contribution in [0, 0.1) is 46.3 Å². The topological polar surface area (TPSA) is 159 Å². The molecule has 4 rings (SSSR count). The number of hydrogen-bond acceptors (Lipinski definition) is 10. The lowest BCUT2D eigenvalue weighted by atomic mass is 9.43. The largest absolute Gasteiger partial charge is 0.550 e. The van der Waals surface area contributed by atoms with Crippen LogP contribution >= 0.6 is 0 Å². The molecule has 2 N–H and O–H groups in total. The standard InChI is InChI=1S/C33H52O10/c1-17(11-22(37)14-23(38)15-30(39)40)25-7-8-26-31-27(16-29(33(25,26)6)43-20(4)36)32(5)10-9-24(41-18(2)34)12-21(32)13-28(31)42-19(3)35/h17,21-29,31,37-38H,7-16H2,1-6H3,(H,39,40)/p-1/t17-,21+,22?,23?,24-,25-,26+,27+,28-,29+,31+,32+,33-/m1/s1. The van der Waals surface area contributed by atoms with Gasteiger partial charge in [0.1, 0.15) is 18.3 Å². The molecule has 4 fully saturated rings. The van der Waals surface area contributed by atoms with Crippen LogP contribution in [0.1, 0.15) is 106 Å². The highest BCUT2D eigenvalue weighted by Gasteiger charge is 2.67. The van der Waals surface area contributed by atoms with Crippen molar-refractivity contribution in [1.82, 2.24) is 0 Å². The molecular formula is C33H51O10-. The zero-order valence-electron chi connectivity index (χ0n) is 26.6. The van der Waals surface area contributed by atoms with E-state index in [9.17, 15) is 34.5 Å². The minimum Gasteiger partial charge on any atom is -0.550 e. The van der Waals surface area contributed by atoms with E-state index >= 15 is 0 Å². The Morgan fingerprint density at radius 3 is 2.09 bits per heavy atom. The summed E-state index contributed by atoms with van der Waals surface area (Å²) in [4.78, 5) is 47.6. The first kappa shape index (κ1) is 33.7. The van der Waals surface area contributed by atoms with E-state index in [0.717, 1.165) is 32.1 Å². The maximum atomic E-state index is 12.5. The van der Waals surface area contributed by atoms with E-state index in [2.05, 4.69) is 20.8 Å². The number of hydrogen-bond donors (Lipinski definition) is 2.